The molecule has 0 N–H and O–H groups in total. The Balaban J connectivity index is 2.52. The zero-order valence-corrected chi connectivity index (χ0v) is 13.2. The second kappa shape index (κ2) is 6.17. The number of carbonyl (C=O) groups is 1. The molecule has 0 aliphatic rings. The Morgan fingerprint density at radius 3 is 2.75 bits per heavy atom. The van der Waals surface area contributed by atoms with Crippen molar-refractivity contribution in [1.29, 1.82) is 0 Å². The Labute approximate surface area is 125 Å². The molecule has 0 unspecified atom stereocenters. The molecule has 0 spiro atoms. The van der Waals surface area contributed by atoms with Crippen molar-refractivity contribution in [2.24, 2.45) is 0 Å². The summed E-state index contributed by atoms with van der Waals surface area (Å²) < 4.78 is 11.0. The van der Waals surface area contributed by atoms with Crippen molar-refractivity contribution in [3.05, 3.63) is 28.0 Å². The number of aryl methyl sites for hydroxylation is 2. The Bertz CT molecular complexity index is 658. The smallest absolute Gasteiger partial charge is 0.343 e. The van der Waals surface area contributed by atoms with Gasteiger partial charge in [0, 0.05) is 10.9 Å². The predicted molar refractivity (Wildman–Crippen MR) is 78.9 cm³/mol. The first-order valence-electron chi connectivity index (χ1n) is 6.21. The van der Waals surface area contributed by atoms with Crippen molar-refractivity contribution in [2.45, 2.75) is 20.3 Å². The molecule has 0 aliphatic carbocycles. The molecule has 5 nitrogen and oxygen atoms in total. The quantitative estimate of drug-likeness (QED) is 0.802. The normalized spacial score (nSPS) is 10.6. The maximum Gasteiger partial charge on any atom is 0.343 e. The molecule has 0 fully saturated rings. The summed E-state index contributed by atoms with van der Waals surface area (Å²) in [6.45, 7) is 3.78. The van der Waals surface area contributed by atoms with Crippen LogP contribution in [0.15, 0.2) is 16.6 Å². The van der Waals surface area contributed by atoms with E-state index in [1.165, 1.54) is 7.11 Å². The number of methoxy groups -OCH3 is 1. The monoisotopic (exact) mass is 338 g/mol. The van der Waals surface area contributed by atoms with Gasteiger partial charge in [-0.05, 0) is 24.6 Å². The third-order valence-corrected chi connectivity index (χ3v) is 3.30. The lowest BCUT2D eigenvalue weighted by Crippen LogP contribution is -2.14. The third kappa shape index (κ3) is 3.07. The van der Waals surface area contributed by atoms with Crippen molar-refractivity contribution in [1.82, 2.24) is 9.97 Å². The molecule has 2 rings (SSSR count). The van der Waals surface area contributed by atoms with Crippen LogP contribution in [0.2, 0.25) is 0 Å². The molecule has 1 heterocycles. The molecule has 0 bridgehead atoms. The Kier molecular flexibility index (Phi) is 4.54. The van der Waals surface area contributed by atoms with Gasteiger partial charge in [0.2, 0.25) is 5.88 Å². The zero-order chi connectivity index (χ0) is 14.7. The van der Waals surface area contributed by atoms with Gasteiger partial charge < -0.3 is 9.47 Å². The molecule has 0 saturated carbocycles. The standard InChI is InChI=1S/C14H15BrN2O3/c1-4-11-16-13-8(2)5-9(15)6-10(13)14(17-11)20-7-12(18)19-3/h5-6H,4,7H2,1-3H3. The van der Waals surface area contributed by atoms with E-state index in [2.05, 4.69) is 30.6 Å². The van der Waals surface area contributed by atoms with Crippen molar-refractivity contribution in [3.8, 4) is 5.88 Å². The number of esters is 1. The van der Waals surface area contributed by atoms with Gasteiger partial charge in [-0.15, -0.1) is 0 Å². The first kappa shape index (κ1) is 14.7. The number of nitrogens with zero attached hydrogens (tertiary/aromatic N) is 2. The van der Waals surface area contributed by atoms with Crippen LogP contribution in [-0.4, -0.2) is 29.7 Å². The molecule has 106 valence electrons. The molecular weight excluding hydrogens is 324 g/mol. The molecule has 0 saturated heterocycles. The van der Waals surface area contributed by atoms with Crippen LogP contribution in [0.3, 0.4) is 0 Å². The first-order valence-corrected chi connectivity index (χ1v) is 7.00. The van der Waals surface area contributed by atoms with Crippen LogP contribution >= 0.6 is 15.9 Å². The van der Waals surface area contributed by atoms with Crippen LogP contribution in [0.1, 0.15) is 18.3 Å². The molecule has 0 radical (unpaired) electrons. The summed E-state index contributed by atoms with van der Waals surface area (Å²) >= 11 is 3.44. The van der Waals surface area contributed by atoms with Crippen LogP contribution in [-0.2, 0) is 16.0 Å². The van der Waals surface area contributed by atoms with Gasteiger partial charge >= 0.3 is 5.97 Å². The summed E-state index contributed by atoms with van der Waals surface area (Å²) in [6, 6.07) is 3.87. The summed E-state index contributed by atoms with van der Waals surface area (Å²) in [6.07, 6.45) is 0.694. The van der Waals surface area contributed by atoms with Crippen LogP contribution in [0.25, 0.3) is 10.9 Å². The average Bonchev–Trinajstić information content (AvgIpc) is 2.44. The van der Waals surface area contributed by atoms with Crippen molar-refractivity contribution >= 4 is 32.8 Å². The largest absolute Gasteiger partial charge is 0.466 e. The summed E-state index contributed by atoms with van der Waals surface area (Å²) in [4.78, 5) is 20.1. The maximum atomic E-state index is 11.2. The first-order chi connectivity index (χ1) is 9.55. The summed E-state index contributed by atoms with van der Waals surface area (Å²) in [7, 11) is 1.32. The van der Waals surface area contributed by atoms with Gasteiger partial charge in [0.05, 0.1) is 18.0 Å². The predicted octanol–water partition coefficient (Wildman–Crippen LogP) is 2.81. The minimum absolute atomic E-state index is 0.169. The average molecular weight is 339 g/mol. The number of fused-ring (bicyclic) bond motifs is 1. The number of ether oxygens (including phenoxy) is 2. The molecule has 20 heavy (non-hydrogen) atoms. The number of aromatic nitrogens is 2. The van der Waals surface area contributed by atoms with E-state index in [1.54, 1.807) is 0 Å². The van der Waals surface area contributed by atoms with Gasteiger partial charge in [0.25, 0.3) is 0 Å². The lowest BCUT2D eigenvalue weighted by Gasteiger charge is -2.11. The van der Waals surface area contributed by atoms with Gasteiger partial charge in [-0.25, -0.2) is 9.78 Å². The summed E-state index contributed by atoms with van der Waals surface area (Å²) in [5, 5.41) is 0.776. The summed E-state index contributed by atoms with van der Waals surface area (Å²) in [5.41, 5.74) is 1.86. The number of rotatable bonds is 4. The highest BCUT2D eigenvalue weighted by Crippen LogP contribution is 2.28. The van der Waals surface area contributed by atoms with Gasteiger partial charge in [-0.2, -0.15) is 4.98 Å². The Hall–Kier alpha value is -1.69. The number of hydrogen-bond acceptors (Lipinski definition) is 5. The van der Waals surface area contributed by atoms with Crippen LogP contribution in [0, 0.1) is 6.92 Å². The van der Waals surface area contributed by atoms with E-state index in [-0.39, 0.29) is 6.61 Å². The highest BCUT2D eigenvalue weighted by atomic mass is 79.9. The van der Waals surface area contributed by atoms with Crippen LogP contribution in [0.5, 0.6) is 5.88 Å². The molecule has 0 aliphatic heterocycles. The fourth-order valence-electron chi connectivity index (χ4n) is 1.83. The van der Waals surface area contributed by atoms with Gasteiger partial charge in [0.15, 0.2) is 6.61 Å². The van der Waals surface area contributed by atoms with E-state index < -0.39 is 5.97 Å². The fraction of sp³-hybridized carbons (Fsp3) is 0.357. The van der Waals surface area contributed by atoms with Crippen molar-refractivity contribution in [3.63, 3.8) is 0 Å². The van der Waals surface area contributed by atoms with Crippen molar-refractivity contribution in [2.75, 3.05) is 13.7 Å². The van der Waals surface area contributed by atoms with Crippen LogP contribution in [0.4, 0.5) is 0 Å². The second-order valence-corrected chi connectivity index (χ2v) is 5.20. The molecule has 1 aromatic heterocycles. The molecule has 1 aromatic carbocycles. The van der Waals surface area contributed by atoms with E-state index >= 15 is 0 Å². The molecule has 6 heteroatoms. The number of carbonyl (C=O) groups excluding carboxylic acids is 1. The van der Waals surface area contributed by atoms with Gasteiger partial charge in [0.1, 0.15) is 5.82 Å². The molecule has 2 aromatic rings. The minimum atomic E-state index is -0.443. The fourth-order valence-corrected chi connectivity index (χ4v) is 2.41. The minimum Gasteiger partial charge on any atom is -0.466 e. The summed E-state index contributed by atoms with van der Waals surface area (Å²) in [5.74, 6) is 0.644. The van der Waals surface area contributed by atoms with E-state index in [9.17, 15) is 4.79 Å². The lowest BCUT2D eigenvalue weighted by atomic mass is 10.1. The van der Waals surface area contributed by atoms with Gasteiger partial charge in [-0.1, -0.05) is 22.9 Å². The van der Waals surface area contributed by atoms with E-state index in [4.69, 9.17) is 4.74 Å². The number of benzene rings is 1. The van der Waals surface area contributed by atoms with Gasteiger partial charge in [-0.3, -0.25) is 0 Å². The molecule has 0 atom stereocenters. The van der Waals surface area contributed by atoms with Crippen LogP contribution < -0.4 is 4.74 Å². The van der Waals surface area contributed by atoms with E-state index in [0.29, 0.717) is 18.1 Å². The Morgan fingerprint density at radius 2 is 2.10 bits per heavy atom. The Morgan fingerprint density at radius 1 is 1.35 bits per heavy atom. The molecule has 0 amide bonds. The highest BCUT2D eigenvalue weighted by molar-refractivity contribution is 9.10. The third-order valence-electron chi connectivity index (χ3n) is 2.84. The molecular formula is C14H15BrN2O3. The number of hydrogen-bond donors (Lipinski definition) is 0. The van der Waals surface area contributed by atoms with E-state index in [0.717, 1.165) is 20.9 Å². The maximum absolute atomic E-state index is 11.2. The lowest BCUT2D eigenvalue weighted by molar-refractivity contribution is -0.142. The topological polar surface area (TPSA) is 61.3 Å². The van der Waals surface area contributed by atoms with Crippen molar-refractivity contribution < 1.29 is 14.3 Å². The zero-order valence-electron chi connectivity index (χ0n) is 11.6. The SMILES string of the molecule is CCc1nc(OCC(=O)OC)c2cc(Br)cc(C)c2n1. The highest BCUT2D eigenvalue weighted by Gasteiger charge is 2.13. The van der Waals surface area contributed by atoms with E-state index in [1.807, 2.05) is 26.0 Å². The second-order valence-electron chi connectivity index (χ2n) is 4.28. The number of halogens is 1.